The standard InChI is InChI=1S/C19H36N6.HI/c1-6-20-19(24-11-9-23(10-12-24)14-16(2)3)22-13-18-21-7-8-25(18)15-17(4)5;/h7-8,16-17H,6,9-15H2,1-5H3,(H,20,22);1H. The molecular weight excluding hydrogens is 439 g/mol. The molecule has 0 radical (unpaired) electrons. The summed E-state index contributed by atoms with van der Waals surface area (Å²) in [6.07, 6.45) is 3.94. The number of hydrogen-bond donors (Lipinski definition) is 1. The lowest BCUT2D eigenvalue weighted by Crippen LogP contribution is -2.53. The Kier molecular flexibility index (Phi) is 10.5. The molecule has 1 saturated heterocycles. The lowest BCUT2D eigenvalue weighted by molar-refractivity contribution is 0.164. The number of rotatable bonds is 7. The zero-order valence-corrected chi connectivity index (χ0v) is 19.4. The molecule has 6 nitrogen and oxygen atoms in total. The molecule has 1 aliphatic rings. The SMILES string of the molecule is CCNC(=NCc1nccn1CC(C)C)N1CCN(CC(C)C)CC1.I. The zero-order valence-electron chi connectivity index (χ0n) is 17.1. The minimum absolute atomic E-state index is 0. The van der Waals surface area contributed by atoms with Crippen molar-refractivity contribution < 1.29 is 0 Å². The average Bonchev–Trinajstić information content (AvgIpc) is 2.98. The largest absolute Gasteiger partial charge is 0.357 e. The van der Waals surface area contributed by atoms with Crippen LogP contribution in [0.4, 0.5) is 0 Å². The van der Waals surface area contributed by atoms with E-state index in [-0.39, 0.29) is 24.0 Å². The van der Waals surface area contributed by atoms with E-state index in [9.17, 15) is 0 Å². The van der Waals surface area contributed by atoms with Crippen molar-refractivity contribution in [2.75, 3.05) is 39.3 Å². The fourth-order valence-electron chi connectivity index (χ4n) is 3.28. The van der Waals surface area contributed by atoms with Crippen molar-refractivity contribution in [3.8, 4) is 0 Å². The zero-order chi connectivity index (χ0) is 18.2. The number of guanidine groups is 1. The number of aliphatic imine (C=N–C) groups is 1. The third-order valence-electron chi connectivity index (χ3n) is 4.36. The minimum Gasteiger partial charge on any atom is -0.357 e. The van der Waals surface area contributed by atoms with Gasteiger partial charge in [0.25, 0.3) is 0 Å². The van der Waals surface area contributed by atoms with E-state index in [4.69, 9.17) is 4.99 Å². The van der Waals surface area contributed by atoms with E-state index in [2.05, 4.69) is 65.5 Å². The Labute approximate surface area is 176 Å². The maximum Gasteiger partial charge on any atom is 0.194 e. The van der Waals surface area contributed by atoms with Crippen LogP contribution in [-0.4, -0.2) is 64.6 Å². The third kappa shape index (κ3) is 7.42. The van der Waals surface area contributed by atoms with Gasteiger partial charge in [0.1, 0.15) is 12.4 Å². The van der Waals surface area contributed by atoms with Crippen LogP contribution in [0.25, 0.3) is 0 Å². The number of imidazole rings is 1. The summed E-state index contributed by atoms with van der Waals surface area (Å²) in [7, 11) is 0. The highest BCUT2D eigenvalue weighted by Gasteiger charge is 2.20. The number of aromatic nitrogens is 2. The van der Waals surface area contributed by atoms with E-state index in [0.717, 1.165) is 57.0 Å². The molecule has 0 amide bonds. The van der Waals surface area contributed by atoms with Crippen molar-refractivity contribution in [1.82, 2.24) is 24.7 Å². The van der Waals surface area contributed by atoms with Crippen molar-refractivity contribution in [3.63, 3.8) is 0 Å². The quantitative estimate of drug-likeness (QED) is 0.374. The number of nitrogens with one attached hydrogen (secondary N) is 1. The second-order valence-corrected chi connectivity index (χ2v) is 7.74. The molecule has 2 rings (SSSR count). The van der Waals surface area contributed by atoms with Crippen LogP contribution in [0.1, 0.15) is 40.4 Å². The van der Waals surface area contributed by atoms with E-state index >= 15 is 0 Å². The predicted molar refractivity (Wildman–Crippen MR) is 120 cm³/mol. The fourth-order valence-corrected chi connectivity index (χ4v) is 3.28. The Morgan fingerprint density at radius 1 is 1.12 bits per heavy atom. The Hall–Kier alpha value is -0.830. The van der Waals surface area contributed by atoms with Crippen molar-refractivity contribution in [3.05, 3.63) is 18.2 Å². The summed E-state index contributed by atoms with van der Waals surface area (Å²) < 4.78 is 2.22. The van der Waals surface area contributed by atoms with Gasteiger partial charge in [-0.15, -0.1) is 24.0 Å². The van der Waals surface area contributed by atoms with Crippen molar-refractivity contribution in [2.45, 2.75) is 47.7 Å². The molecule has 2 heterocycles. The van der Waals surface area contributed by atoms with Gasteiger partial charge < -0.3 is 14.8 Å². The Bertz CT molecular complexity index is 532. The number of piperazine rings is 1. The first kappa shape index (κ1) is 23.2. The summed E-state index contributed by atoms with van der Waals surface area (Å²) in [5, 5.41) is 3.45. The van der Waals surface area contributed by atoms with Gasteiger partial charge >= 0.3 is 0 Å². The van der Waals surface area contributed by atoms with Gasteiger partial charge in [-0.05, 0) is 18.8 Å². The minimum atomic E-state index is 0. The molecule has 1 fully saturated rings. The third-order valence-corrected chi connectivity index (χ3v) is 4.36. The number of nitrogens with zero attached hydrogens (tertiary/aromatic N) is 5. The first-order chi connectivity index (χ1) is 12.0. The molecule has 0 bridgehead atoms. The lowest BCUT2D eigenvalue weighted by atomic mass is 10.2. The smallest absolute Gasteiger partial charge is 0.194 e. The topological polar surface area (TPSA) is 48.7 Å². The van der Waals surface area contributed by atoms with Crippen LogP contribution in [0, 0.1) is 11.8 Å². The first-order valence-corrected chi connectivity index (χ1v) is 9.75. The summed E-state index contributed by atoms with van der Waals surface area (Å²) in [5.41, 5.74) is 0. The molecule has 1 aliphatic heterocycles. The first-order valence-electron chi connectivity index (χ1n) is 9.75. The normalized spacial score (nSPS) is 16.3. The van der Waals surface area contributed by atoms with E-state index in [1.54, 1.807) is 0 Å². The summed E-state index contributed by atoms with van der Waals surface area (Å²) >= 11 is 0. The maximum atomic E-state index is 4.86. The van der Waals surface area contributed by atoms with Gasteiger partial charge in [0.2, 0.25) is 0 Å². The summed E-state index contributed by atoms with van der Waals surface area (Å²) in [6.45, 7) is 19.2. The predicted octanol–water partition coefficient (Wildman–Crippen LogP) is 2.90. The van der Waals surface area contributed by atoms with Crippen LogP contribution in [0.15, 0.2) is 17.4 Å². The van der Waals surface area contributed by atoms with E-state index < -0.39 is 0 Å². The molecule has 150 valence electrons. The summed E-state index contributed by atoms with van der Waals surface area (Å²) in [4.78, 5) is 14.3. The molecule has 0 aromatic carbocycles. The second kappa shape index (κ2) is 11.8. The molecular formula is C19H37IN6. The van der Waals surface area contributed by atoms with Crippen LogP contribution in [0.5, 0.6) is 0 Å². The molecule has 1 aromatic rings. The molecule has 0 saturated carbocycles. The molecule has 1 N–H and O–H groups in total. The second-order valence-electron chi connectivity index (χ2n) is 7.74. The Morgan fingerprint density at radius 3 is 2.35 bits per heavy atom. The van der Waals surface area contributed by atoms with Crippen LogP contribution >= 0.6 is 24.0 Å². The number of halogens is 1. The summed E-state index contributed by atoms with van der Waals surface area (Å²) in [6, 6.07) is 0. The monoisotopic (exact) mass is 476 g/mol. The summed E-state index contributed by atoms with van der Waals surface area (Å²) in [5.74, 6) is 3.40. The van der Waals surface area contributed by atoms with Crippen molar-refractivity contribution in [1.29, 1.82) is 0 Å². The van der Waals surface area contributed by atoms with Crippen LogP contribution in [0.2, 0.25) is 0 Å². The number of hydrogen-bond acceptors (Lipinski definition) is 3. The van der Waals surface area contributed by atoms with Gasteiger partial charge in [0, 0.05) is 58.2 Å². The van der Waals surface area contributed by atoms with Gasteiger partial charge in [0.15, 0.2) is 5.96 Å². The fraction of sp³-hybridized carbons (Fsp3) is 0.789. The van der Waals surface area contributed by atoms with Gasteiger partial charge in [0.05, 0.1) is 0 Å². The molecule has 1 aromatic heterocycles. The Balaban J connectivity index is 0.00000338. The van der Waals surface area contributed by atoms with Gasteiger partial charge in [-0.1, -0.05) is 27.7 Å². The maximum absolute atomic E-state index is 4.86. The molecule has 0 aliphatic carbocycles. The van der Waals surface area contributed by atoms with Gasteiger partial charge in [-0.2, -0.15) is 0 Å². The van der Waals surface area contributed by atoms with Crippen LogP contribution in [0.3, 0.4) is 0 Å². The molecule has 0 unspecified atom stereocenters. The van der Waals surface area contributed by atoms with Gasteiger partial charge in [-0.3, -0.25) is 4.90 Å². The van der Waals surface area contributed by atoms with Gasteiger partial charge in [-0.25, -0.2) is 9.98 Å². The van der Waals surface area contributed by atoms with Crippen LogP contribution in [-0.2, 0) is 13.1 Å². The van der Waals surface area contributed by atoms with Crippen LogP contribution < -0.4 is 5.32 Å². The van der Waals surface area contributed by atoms with Crippen molar-refractivity contribution in [2.24, 2.45) is 16.8 Å². The van der Waals surface area contributed by atoms with E-state index in [0.29, 0.717) is 12.5 Å². The lowest BCUT2D eigenvalue weighted by Gasteiger charge is -2.37. The Morgan fingerprint density at radius 2 is 1.77 bits per heavy atom. The van der Waals surface area contributed by atoms with E-state index in [1.165, 1.54) is 6.54 Å². The highest BCUT2D eigenvalue weighted by atomic mass is 127. The molecule has 26 heavy (non-hydrogen) atoms. The average molecular weight is 476 g/mol. The van der Waals surface area contributed by atoms with Crippen molar-refractivity contribution >= 4 is 29.9 Å². The molecule has 7 heteroatoms. The highest BCUT2D eigenvalue weighted by molar-refractivity contribution is 14.0. The molecule has 0 atom stereocenters. The van der Waals surface area contributed by atoms with E-state index in [1.807, 2.05) is 6.20 Å². The highest BCUT2D eigenvalue weighted by Crippen LogP contribution is 2.08. The molecule has 0 spiro atoms.